The first-order valence-corrected chi connectivity index (χ1v) is 8.65. The minimum atomic E-state index is 0.501. The predicted molar refractivity (Wildman–Crippen MR) is 96.6 cm³/mol. The van der Waals surface area contributed by atoms with E-state index in [1.54, 1.807) is 12.3 Å². The Morgan fingerprint density at radius 2 is 2.00 bits per heavy atom. The summed E-state index contributed by atoms with van der Waals surface area (Å²) >= 11 is 7.57. The van der Waals surface area contributed by atoms with Gasteiger partial charge in [-0.25, -0.2) is 9.97 Å². The summed E-state index contributed by atoms with van der Waals surface area (Å²) in [5, 5.41) is 8.02. The van der Waals surface area contributed by atoms with E-state index in [2.05, 4.69) is 32.6 Å². The van der Waals surface area contributed by atoms with Gasteiger partial charge in [0.1, 0.15) is 10.6 Å². The smallest absolute Gasteiger partial charge is 0.204 e. The fourth-order valence-corrected chi connectivity index (χ4v) is 3.53. The van der Waals surface area contributed by atoms with Crippen molar-refractivity contribution in [1.82, 2.24) is 15.1 Å². The highest BCUT2D eigenvalue weighted by Gasteiger charge is 2.14. The summed E-state index contributed by atoms with van der Waals surface area (Å²) in [5.74, 6) is 1.79. The van der Waals surface area contributed by atoms with E-state index in [1.165, 1.54) is 16.9 Å². The van der Waals surface area contributed by atoms with Crippen LogP contribution in [-0.4, -0.2) is 21.7 Å². The Labute approximate surface area is 147 Å². The van der Waals surface area contributed by atoms with Gasteiger partial charge in [-0.2, -0.15) is 0 Å². The van der Waals surface area contributed by atoms with E-state index in [0.29, 0.717) is 15.9 Å². The molecule has 7 heteroatoms. The van der Waals surface area contributed by atoms with Crippen LogP contribution in [0.2, 0.25) is 4.34 Å². The number of nitrogens with zero attached hydrogens (tertiary/aromatic N) is 3. The molecule has 0 saturated heterocycles. The first kappa shape index (κ1) is 15.1. The summed E-state index contributed by atoms with van der Waals surface area (Å²) in [4.78, 5) is 9.92. The highest BCUT2D eigenvalue weighted by molar-refractivity contribution is 7.22. The quantitative estimate of drug-likeness (QED) is 0.563. The Kier molecular flexibility index (Phi) is 4.15. The first-order chi connectivity index (χ1) is 11.8. The number of thiophene rings is 1. The van der Waals surface area contributed by atoms with E-state index < -0.39 is 0 Å². The van der Waals surface area contributed by atoms with Crippen LogP contribution < -0.4 is 5.32 Å². The van der Waals surface area contributed by atoms with Gasteiger partial charge in [0.05, 0.1) is 15.9 Å². The summed E-state index contributed by atoms with van der Waals surface area (Å²) in [6.07, 6.45) is 2.48. The van der Waals surface area contributed by atoms with Crippen LogP contribution in [0.1, 0.15) is 5.56 Å². The lowest BCUT2D eigenvalue weighted by Crippen LogP contribution is -2.07. The van der Waals surface area contributed by atoms with Gasteiger partial charge < -0.3 is 9.84 Å². The van der Waals surface area contributed by atoms with Crippen molar-refractivity contribution in [1.29, 1.82) is 0 Å². The highest BCUT2D eigenvalue weighted by Crippen LogP contribution is 2.33. The van der Waals surface area contributed by atoms with Crippen LogP contribution in [0.3, 0.4) is 0 Å². The number of benzene rings is 1. The molecule has 0 fully saturated rings. The molecular formula is C17H13ClN4OS. The molecule has 5 nitrogen and oxygen atoms in total. The number of halogens is 1. The summed E-state index contributed by atoms with van der Waals surface area (Å²) < 4.78 is 5.85. The molecular weight excluding hydrogens is 344 g/mol. The molecule has 0 radical (unpaired) electrons. The topological polar surface area (TPSA) is 63.8 Å². The second kappa shape index (κ2) is 6.59. The number of nitrogens with one attached hydrogen (secondary N) is 1. The minimum absolute atomic E-state index is 0.501. The third kappa shape index (κ3) is 3.11. The third-order valence-corrected chi connectivity index (χ3v) is 4.73. The van der Waals surface area contributed by atoms with Crippen molar-refractivity contribution in [2.75, 3.05) is 11.9 Å². The molecule has 120 valence electrons. The van der Waals surface area contributed by atoms with Gasteiger partial charge in [0.25, 0.3) is 0 Å². The second-order valence-corrected chi connectivity index (χ2v) is 6.87. The van der Waals surface area contributed by atoms with Gasteiger partial charge in [0, 0.05) is 12.6 Å². The largest absolute Gasteiger partial charge is 0.369 e. The van der Waals surface area contributed by atoms with Crippen molar-refractivity contribution in [2.24, 2.45) is 0 Å². The molecule has 0 aliphatic rings. The molecule has 0 unspecified atom stereocenters. The van der Waals surface area contributed by atoms with Crippen molar-refractivity contribution in [2.45, 2.75) is 6.42 Å². The van der Waals surface area contributed by atoms with Gasteiger partial charge in [0.15, 0.2) is 0 Å². The molecule has 0 saturated carbocycles. The lowest BCUT2D eigenvalue weighted by Gasteiger charge is -2.08. The van der Waals surface area contributed by atoms with E-state index in [-0.39, 0.29) is 0 Å². The molecule has 0 amide bonds. The van der Waals surface area contributed by atoms with Crippen LogP contribution in [0.25, 0.3) is 21.8 Å². The molecule has 3 heterocycles. The van der Waals surface area contributed by atoms with Crippen LogP contribution in [0, 0.1) is 0 Å². The lowest BCUT2D eigenvalue weighted by atomic mass is 10.1. The van der Waals surface area contributed by atoms with Crippen LogP contribution in [-0.2, 0) is 6.42 Å². The van der Waals surface area contributed by atoms with Crippen molar-refractivity contribution in [3.63, 3.8) is 0 Å². The Balaban J connectivity index is 1.63. The summed E-state index contributed by atoms with van der Waals surface area (Å²) in [7, 11) is 0. The minimum Gasteiger partial charge on any atom is -0.369 e. The predicted octanol–water partition coefficient (Wildman–Crippen LogP) is 4.65. The zero-order valence-corrected chi connectivity index (χ0v) is 14.1. The maximum Gasteiger partial charge on any atom is 0.204 e. The van der Waals surface area contributed by atoms with Gasteiger partial charge in [0.2, 0.25) is 11.6 Å². The van der Waals surface area contributed by atoms with Crippen LogP contribution in [0.5, 0.6) is 0 Å². The molecule has 24 heavy (non-hydrogen) atoms. The summed E-state index contributed by atoms with van der Waals surface area (Å²) in [6, 6.07) is 13.9. The van der Waals surface area contributed by atoms with Gasteiger partial charge in [-0.3, -0.25) is 0 Å². The van der Waals surface area contributed by atoms with Crippen molar-refractivity contribution in [3.05, 3.63) is 58.6 Å². The van der Waals surface area contributed by atoms with Gasteiger partial charge in [-0.1, -0.05) is 47.1 Å². The molecule has 0 aliphatic heterocycles. The Morgan fingerprint density at radius 1 is 1.12 bits per heavy atom. The molecule has 4 aromatic rings. The number of hydrogen-bond donors (Lipinski definition) is 1. The van der Waals surface area contributed by atoms with Crippen molar-refractivity contribution in [3.8, 4) is 11.6 Å². The molecule has 0 bridgehead atoms. The molecule has 1 N–H and O–H groups in total. The van der Waals surface area contributed by atoms with Crippen LogP contribution >= 0.6 is 22.9 Å². The first-order valence-electron chi connectivity index (χ1n) is 7.45. The SMILES string of the molecule is Clc1cc2c(NCCc3ccccc3)nc(-c3ccno3)nc2s1. The normalized spacial score (nSPS) is 11.0. The molecule has 3 aromatic heterocycles. The Morgan fingerprint density at radius 3 is 2.79 bits per heavy atom. The van der Waals surface area contributed by atoms with Crippen molar-refractivity contribution < 1.29 is 4.52 Å². The molecule has 0 aliphatic carbocycles. The van der Waals surface area contributed by atoms with E-state index >= 15 is 0 Å². The average Bonchev–Trinajstić information content (AvgIpc) is 3.24. The average molecular weight is 357 g/mol. The van der Waals surface area contributed by atoms with Gasteiger partial charge in [-0.15, -0.1) is 11.3 Å². The zero-order valence-electron chi connectivity index (χ0n) is 12.6. The number of rotatable bonds is 5. The van der Waals surface area contributed by atoms with E-state index in [0.717, 1.165) is 29.0 Å². The number of aromatic nitrogens is 3. The maximum atomic E-state index is 6.15. The monoisotopic (exact) mass is 356 g/mol. The fourth-order valence-electron chi connectivity index (χ4n) is 2.44. The summed E-state index contributed by atoms with van der Waals surface area (Å²) in [5.41, 5.74) is 1.27. The van der Waals surface area contributed by atoms with E-state index in [4.69, 9.17) is 16.1 Å². The standard InChI is InChI=1S/C17H13ClN4OS/c18-14-10-12-15(19-8-6-11-4-2-1-3-5-11)21-16(22-17(12)24-14)13-7-9-20-23-13/h1-5,7,9-10H,6,8H2,(H,19,21,22). The molecule has 0 spiro atoms. The van der Waals surface area contributed by atoms with Crippen LogP contribution in [0.15, 0.2) is 53.2 Å². The number of anilines is 1. The molecule has 4 rings (SSSR count). The summed E-state index contributed by atoms with van der Waals surface area (Å²) in [6.45, 7) is 0.763. The highest BCUT2D eigenvalue weighted by atomic mass is 35.5. The fraction of sp³-hybridized carbons (Fsp3) is 0.118. The van der Waals surface area contributed by atoms with Crippen LogP contribution in [0.4, 0.5) is 5.82 Å². The third-order valence-electron chi connectivity index (χ3n) is 3.57. The second-order valence-electron chi connectivity index (χ2n) is 5.20. The van der Waals surface area contributed by atoms with Gasteiger partial charge in [-0.05, 0) is 18.1 Å². The maximum absolute atomic E-state index is 6.15. The van der Waals surface area contributed by atoms with Crippen molar-refractivity contribution >= 4 is 39.0 Å². The molecule has 0 atom stereocenters. The molecule has 1 aromatic carbocycles. The number of fused-ring (bicyclic) bond motifs is 1. The Hall–Kier alpha value is -2.44. The lowest BCUT2D eigenvalue weighted by molar-refractivity contribution is 0.430. The van der Waals surface area contributed by atoms with E-state index in [1.807, 2.05) is 24.3 Å². The van der Waals surface area contributed by atoms with Gasteiger partial charge >= 0.3 is 0 Å². The number of hydrogen-bond acceptors (Lipinski definition) is 6. The zero-order chi connectivity index (χ0) is 16.4. The Bertz CT molecular complexity index is 954. The van der Waals surface area contributed by atoms with E-state index in [9.17, 15) is 0 Å².